The molecule has 6 heteroatoms. The molecule has 1 aromatic rings. The Bertz CT molecular complexity index is 503. The number of nitrogens with one attached hydrogen (secondary N) is 1. The second-order valence-corrected chi connectivity index (χ2v) is 8.67. The summed E-state index contributed by atoms with van der Waals surface area (Å²) in [6.07, 6.45) is 2.39. The van der Waals surface area contributed by atoms with E-state index in [4.69, 9.17) is 0 Å². The minimum atomic E-state index is -2.88. The zero-order valence-corrected chi connectivity index (χ0v) is 14.5. The van der Waals surface area contributed by atoms with Gasteiger partial charge in [0.25, 0.3) is 0 Å². The molecule has 0 radical (unpaired) electrons. The molecule has 108 valence electrons. The molecule has 0 unspecified atom stereocenters. The molecule has 3 nitrogen and oxygen atoms in total. The maximum atomic E-state index is 11.1. The lowest BCUT2D eigenvalue weighted by Crippen LogP contribution is -2.13. The number of benzene rings is 1. The van der Waals surface area contributed by atoms with Crippen LogP contribution in [0.25, 0.3) is 0 Å². The number of thioether (sulfide) groups is 1. The molecule has 0 saturated heterocycles. The predicted octanol–water partition coefficient (Wildman–Crippen LogP) is 3.09. The molecule has 0 spiro atoms. The smallest absolute Gasteiger partial charge is 0.148 e. The van der Waals surface area contributed by atoms with Crippen LogP contribution in [0.4, 0.5) is 0 Å². The fourth-order valence-electron chi connectivity index (χ4n) is 1.48. The zero-order valence-electron chi connectivity index (χ0n) is 11.3. The fourth-order valence-corrected chi connectivity index (χ4v) is 4.38. The summed E-state index contributed by atoms with van der Waals surface area (Å²) in [5, 5.41) is 3.35. The van der Waals surface area contributed by atoms with Gasteiger partial charge in [0.1, 0.15) is 9.84 Å². The Balaban J connectivity index is 2.52. The first kappa shape index (κ1) is 17.0. The number of hydrogen-bond acceptors (Lipinski definition) is 4. The molecule has 0 heterocycles. The van der Waals surface area contributed by atoms with E-state index in [2.05, 4.69) is 40.3 Å². The van der Waals surface area contributed by atoms with Gasteiger partial charge in [0.15, 0.2) is 0 Å². The van der Waals surface area contributed by atoms with Crippen LogP contribution in [0.5, 0.6) is 0 Å². The molecule has 1 N–H and O–H groups in total. The topological polar surface area (TPSA) is 46.2 Å². The lowest BCUT2D eigenvalue weighted by Gasteiger charge is -2.08. The standard InChI is InChI=1S/C13H20BrNO2S2/c1-3-6-15-10-11-4-5-13(12(14)9-11)18-7-8-19(2,16)17/h4-5,9,15H,3,6-8,10H2,1-2H3. The van der Waals surface area contributed by atoms with Crippen molar-refractivity contribution >= 4 is 37.5 Å². The van der Waals surface area contributed by atoms with Crippen LogP contribution in [0, 0.1) is 0 Å². The van der Waals surface area contributed by atoms with Crippen LogP contribution in [0.3, 0.4) is 0 Å². The van der Waals surface area contributed by atoms with Crippen LogP contribution in [0.15, 0.2) is 27.6 Å². The molecule has 0 saturated carbocycles. The predicted molar refractivity (Wildman–Crippen MR) is 86.6 cm³/mol. The van der Waals surface area contributed by atoms with Crippen molar-refractivity contribution in [3.05, 3.63) is 28.2 Å². The van der Waals surface area contributed by atoms with Crippen molar-refractivity contribution in [2.75, 3.05) is 24.3 Å². The Morgan fingerprint density at radius 2 is 2.11 bits per heavy atom. The summed E-state index contributed by atoms with van der Waals surface area (Å²) in [6.45, 7) is 4.02. The van der Waals surface area contributed by atoms with Crippen LogP contribution < -0.4 is 5.32 Å². The maximum absolute atomic E-state index is 11.1. The summed E-state index contributed by atoms with van der Waals surface area (Å²) >= 11 is 5.10. The molecule has 0 aliphatic rings. The van der Waals surface area contributed by atoms with Crippen LogP contribution in [0.1, 0.15) is 18.9 Å². The van der Waals surface area contributed by atoms with Gasteiger partial charge in [-0.15, -0.1) is 11.8 Å². The molecular formula is C13H20BrNO2S2. The van der Waals surface area contributed by atoms with E-state index in [1.54, 1.807) is 11.8 Å². The van der Waals surface area contributed by atoms with E-state index in [0.29, 0.717) is 5.75 Å². The molecule has 0 aromatic heterocycles. The maximum Gasteiger partial charge on any atom is 0.148 e. The van der Waals surface area contributed by atoms with Crippen LogP contribution in [-0.4, -0.2) is 32.7 Å². The number of hydrogen-bond donors (Lipinski definition) is 1. The van der Waals surface area contributed by atoms with Gasteiger partial charge >= 0.3 is 0 Å². The SMILES string of the molecule is CCCNCc1ccc(SCCS(C)(=O)=O)c(Br)c1. The first-order chi connectivity index (χ1) is 8.92. The molecule has 1 aromatic carbocycles. The average Bonchev–Trinajstić information content (AvgIpc) is 2.31. The summed E-state index contributed by atoms with van der Waals surface area (Å²) in [5.41, 5.74) is 1.23. The normalized spacial score (nSPS) is 11.7. The van der Waals surface area contributed by atoms with Gasteiger partial charge in [-0.1, -0.05) is 13.0 Å². The lowest BCUT2D eigenvalue weighted by atomic mass is 10.2. The summed E-state index contributed by atoms with van der Waals surface area (Å²) < 4.78 is 23.2. The van der Waals surface area contributed by atoms with Gasteiger partial charge in [-0.05, 0) is 46.6 Å². The fraction of sp³-hybridized carbons (Fsp3) is 0.538. The zero-order chi connectivity index (χ0) is 14.3. The van der Waals surface area contributed by atoms with Gasteiger partial charge in [0, 0.05) is 27.9 Å². The Labute approximate surface area is 128 Å². The molecule has 0 bridgehead atoms. The van der Waals surface area contributed by atoms with Crippen molar-refractivity contribution in [2.24, 2.45) is 0 Å². The third kappa shape index (κ3) is 7.34. The lowest BCUT2D eigenvalue weighted by molar-refractivity contribution is 0.603. The van der Waals surface area contributed by atoms with Gasteiger partial charge in [-0.25, -0.2) is 8.42 Å². The van der Waals surface area contributed by atoms with Gasteiger partial charge in [0.2, 0.25) is 0 Å². The summed E-state index contributed by atoms with van der Waals surface area (Å²) in [7, 11) is -2.88. The summed E-state index contributed by atoms with van der Waals surface area (Å²) in [4.78, 5) is 1.09. The van der Waals surface area contributed by atoms with Crippen molar-refractivity contribution in [3.8, 4) is 0 Å². The highest BCUT2D eigenvalue weighted by Gasteiger charge is 2.06. The van der Waals surface area contributed by atoms with E-state index in [1.807, 2.05) is 6.07 Å². The van der Waals surface area contributed by atoms with Crippen molar-refractivity contribution in [1.29, 1.82) is 0 Å². The van der Waals surface area contributed by atoms with Gasteiger partial charge in [0.05, 0.1) is 5.75 Å². The quantitative estimate of drug-likeness (QED) is 0.567. The number of rotatable bonds is 8. The van der Waals surface area contributed by atoms with Crippen molar-refractivity contribution < 1.29 is 8.42 Å². The highest BCUT2D eigenvalue weighted by molar-refractivity contribution is 9.10. The Kier molecular flexibility index (Phi) is 7.42. The largest absolute Gasteiger partial charge is 0.313 e. The van der Waals surface area contributed by atoms with Crippen molar-refractivity contribution in [3.63, 3.8) is 0 Å². The second-order valence-electron chi connectivity index (χ2n) is 4.42. The highest BCUT2D eigenvalue weighted by Crippen LogP contribution is 2.28. The van der Waals surface area contributed by atoms with E-state index in [9.17, 15) is 8.42 Å². The van der Waals surface area contributed by atoms with Crippen molar-refractivity contribution in [1.82, 2.24) is 5.32 Å². The summed E-state index contributed by atoms with van der Waals surface area (Å²) in [6, 6.07) is 6.21. The Morgan fingerprint density at radius 3 is 2.68 bits per heavy atom. The van der Waals surface area contributed by atoms with Crippen LogP contribution >= 0.6 is 27.7 Å². The third-order valence-corrected chi connectivity index (χ3v) is 5.66. The highest BCUT2D eigenvalue weighted by atomic mass is 79.9. The van der Waals surface area contributed by atoms with E-state index in [0.717, 1.165) is 28.9 Å². The van der Waals surface area contributed by atoms with E-state index < -0.39 is 9.84 Å². The minimum absolute atomic E-state index is 0.212. The van der Waals surface area contributed by atoms with Gasteiger partial charge < -0.3 is 5.32 Å². The molecule has 1 rings (SSSR count). The van der Waals surface area contributed by atoms with Gasteiger partial charge in [-0.3, -0.25) is 0 Å². The Morgan fingerprint density at radius 1 is 1.37 bits per heavy atom. The molecule has 0 aliphatic heterocycles. The molecule has 0 amide bonds. The molecule has 0 atom stereocenters. The van der Waals surface area contributed by atoms with Crippen LogP contribution in [0.2, 0.25) is 0 Å². The Hall–Kier alpha value is -0.0400. The van der Waals surface area contributed by atoms with Gasteiger partial charge in [-0.2, -0.15) is 0 Å². The number of sulfone groups is 1. The monoisotopic (exact) mass is 365 g/mol. The van der Waals surface area contributed by atoms with Crippen LogP contribution in [-0.2, 0) is 16.4 Å². The van der Waals surface area contributed by atoms with Crippen molar-refractivity contribution in [2.45, 2.75) is 24.8 Å². The minimum Gasteiger partial charge on any atom is -0.313 e. The number of halogens is 1. The second kappa shape index (κ2) is 8.29. The van der Waals surface area contributed by atoms with E-state index in [1.165, 1.54) is 11.8 Å². The first-order valence-electron chi connectivity index (χ1n) is 6.22. The van der Waals surface area contributed by atoms with E-state index >= 15 is 0 Å². The first-order valence-corrected chi connectivity index (χ1v) is 10.1. The molecule has 0 fully saturated rings. The third-order valence-electron chi connectivity index (χ3n) is 2.46. The molecule has 0 aliphatic carbocycles. The summed E-state index contributed by atoms with van der Waals surface area (Å²) in [5.74, 6) is 0.800. The molecular weight excluding hydrogens is 346 g/mol. The molecule has 19 heavy (non-hydrogen) atoms. The van der Waals surface area contributed by atoms with E-state index in [-0.39, 0.29) is 5.75 Å². The average molecular weight is 366 g/mol.